The van der Waals surface area contributed by atoms with Gasteiger partial charge >= 0.3 is 0 Å². The molecule has 0 aliphatic carbocycles. The van der Waals surface area contributed by atoms with Crippen LogP contribution in [0.2, 0.25) is 0 Å². The quantitative estimate of drug-likeness (QED) is 0.561. The van der Waals surface area contributed by atoms with Gasteiger partial charge in [0.1, 0.15) is 0 Å². The Balaban J connectivity index is 2.41. The molecule has 0 fully saturated rings. The van der Waals surface area contributed by atoms with E-state index in [0.717, 1.165) is 30.6 Å². The molecule has 0 radical (unpaired) electrons. The molecule has 2 rings (SSSR count). The Kier molecular flexibility index (Phi) is 1.42. The Morgan fingerprint density at radius 3 is 3.27 bits per heavy atom. The van der Waals surface area contributed by atoms with Gasteiger partial charge in [0.05, 0.1) is 5.56 Å². The monoisotopic (exact) mass is 150 g/mol. The molecule has 1 aromatic heterocycles. The van der Waals surface area contributed by atoms with Crippen LogP contribution in [0, 0.1) is 0 Å². The molecule has 1 aliphatic rings. The molecule has 0 unspecified atom stereocenters. The summed E-state index contributed by atoms with van der Waals surface area (Å²) in [5, 5.41) is 2.83. The number of nitrogens with one attached hydrogen (secondary N) is 2. The van der Waals surface area contributed by atoms with Crippen LogP contribution in [0.15, 0.2) is 12.3 Å². The number of aromatic nitrogens is 1. The smallest absolute Gasteiger partial charge is 0.253 e. The number of fused-ring (bicyclic) bond motifs is 1. The third-order valence-electron chi connectivity index (χ3n) is 1.97. The van der Waals surface area contributed by atoms with Crippen LogP contribution < -0.4 is 5.32 Å². The zero-order chi connectivity index (χ0) is 7.68. The third-order valence-corrected chi connectivity index (χ3v) is 1.97. The highest BCUT2D eigenvalue weighted by Gasteiger charge is 2.14. The van der Waals surface area contributed by atoms with Gasteiger partial charge in [-0.1, -0.05) is 0 Å². The van der Waals surface area contributed by atoms with Gasteiger partial charge in [-0.3, -0.25) is 4.79 Å². The summed E-state index contributed by atoms with van der Waals surface area (Å²) in [7, 11) is 0. The van der Waals surface area contributed by atoms with E-state index in [2.05, 4.69) is 10.3 Å². The molecule has 1 amide bonds. The van der Waals surface area contributed by atoms with Crippen molar-refractivity contribution >= 4 is 5.91 Å². The Morgan fingerprint density at radius 2 is 2.36 bits per heavy atom. The van der Waals surface area contributed by atoms with E-state index in [1.807, 2.05) is 12.3 Å². The van der Waals surface area contributed by atoms with Crippen molar-refractivity contribution in [3.63, 3.8) is 0 Å². The molecule has 2 heterocycles. The minimum atomic E-state index is 0.0544. The summed E-state index contributed by atoms with van der Waals surface area (Å²) in [4.78, 5) is 14.3. The van der Waals surface area contributed by atoms with Crippen molar-refractivity contribution < 1.29 is 4.79 Å². The largest absolute Gasteiger partial charge is 0.364 e. The van der Waals surface area contributed by atoms with Gasteiger partial charge in [-0.15, -0.1) is 0 Å². The summed E-state index contributed by atoms with van der Waals surface area (Å²) in [6, 6.07) is 1.83. The Morgan fingerprint density at radius 1 is 1.45 bits per heavy atom. The van der Waals surface area contributed by atoms with Gasteiger partial charge in [0.25, 0.3) is 5.91 Å². The number of carbonyl (C=O) groups is 1. The molecule has 0 atom stereocenters. The number of aryl methyl sites for hydroxylation is 1. The zero-order valence-corrected chi connectivity index (χ0v) is 6.18. The lowest BCUT2D eigenvalue weighted by Gasteiger charge is -1.95. The molecular formula is C8H10N2O. The number of aromatic amines is 1. The molecule has 11 heavy (non-hydrogen) atoms. The highest BCUT2D eigenvalue weighted by atomic mass is 16.1. The Labute approximate surface area is 64.8 Å². The van der Waals surface area contributed by atoms with E-state index in [-0.39, 0.29) is 5.91 Å². The summed E-state index contributed by atoms with van der Waals surface area (Å²) in [6.45, 7) is 0.793. The molecule has 1 aromatic rings. The van der Waals surface area contributed by atoms with Crippen molar-refractivity contribution in [2.45, 2.75) is 12.8 Å². The lowest BCUT2D eigenvalue weighted by atomic mass is 10.2. The average Bonchev–Trinajstić information content (AvgIpc) is 2.40. The fourth-order valence-corrected chi connectivity index (χ4v) is 1.39. The van der Waals surface area contributed by atoms with Gasteiger partial charge in [-0.05, 0) is 18.9 Å². The van der Waals surface area contributed by atoms with Gasteiger partial charge in [-0.2, -0.15) is 0 Å². The van der Waals surface area contributed by atoms with Crippen LogP contribution in [-0.2, 0) is 6.42 Å². The fourth-order valence-electron chi connectivity index (χ4n) is 1.39. The van der Waals surface area contributed by atoms with Crippen molar-refractivity contribution in [2.24, 2.45) is 0 Å². The topological polar surface area (TPSA) is 44.9 Å². The summed E-state index contributed by atoms with van der Waals surface area (Å²) < 4.78 is 0. The predicted octanol–water partition coefficient (Wildman–Crippen LogP) is 0.691. The second kappa shape index (κ2) is 2.42. The van der Waals surface area contributed by atoms with Gasteiger partial charge in [0.2, 0.25) is 0 Å². The van der Waals surface area contributed by atoms with Crippen molar-refractivity contribution in [3.8, 4) is 0 Å². The van der Waals surface area contributed by atoms with E-state index < -0.39 is 0 Å². The molecule has 3 nitrogen and oxygen atoms in total. The fraction of sp³-hybridized carbons (Fsp3) is 0.375. The van der Waals surface area contributed by atoms with Crippen LogP contribution >= 0.6 is 0 Å². The van der Waals surface area contributed by atoms with Gasteiger partial charge in [-0.25, -0.2) is 0 Å². The minimum absolute atomic E-state index is 0.0544. The van der Waals surface area contributed by atoms with E-state index in [4.69, 9.17) is 0 Å². The highest BCUT2D eigenvalue weighted by molar-refractivity contribution is 5.95. The van der Waals surface area contributed by atoms with Gasteiger partial charge < -0.3 is 10.3 Å². The number of hydrogen-bond acceptors (Lipinski definition) is 1. The van der Waals surface area contributed by atoms with Crippen molar-refractivity contribution in [1.82, 2.24) is 10.3 Å². The number of H-pyrrole nitrogens is 1. The molecule has 0 aromatic carbocycles. The number of carbonyl (C=O) groups excluding carboxylic acids is 1. The normalized spacial score (nSPS) is 16.9. The SMILES string of the molecule is O=C1NCCCc2[nH]ccc21. The molecule has 0 bridgehead atoms. The number of rotatable bonds is 0. The molecule has 2 N–H and O–H groups in total. The second-order valence-corrected chi connectivity index (χ2v) is 2.73. The standard InChI is InChI=1S/C8H10N2O/c11-8-6-3-5-9-7(6)2-1-4-10-8/h3,5,9H,1-2,4H2,(H,10,11). The van der Waals surface area contributed by atoms with Crippen LogP contribution in [0.25, 0.3) is 0 Å². The maximum Gasteiger partial charge on any atom is 0.253 e. The van der Waals surface area contributed by atoms with E-state index in [0.29, 0.717) is 0 Å². The summed E-state index contributed by atoms with van der Waals surface area (Å²) in [5.74, 6) is 0.0544. The first-order valence-electron chi connectivity index (χ1n) is 3.82. The lowest BCUT2D eigenvalue weighted by Crippen LogP contribution is -2.22. The Hall–Kier alpha value is -1.25. The molecule has 3 heteroatoms. The molecular weight excluding hydrogens is 140 g/mol. The molecule has 1 aliphatic heterocycles. The third kappa shape index (κ3) is 1.02. The van der Waals surface area contributed by atoms with Crippen LogP contribution in [-0.4, -0.2) is 17.4 Å². The zero-order valence-electron chi connectivity index (χ0n) is 6.18. The van der Waals surface area contributed by atoms with Crippen molar-refractivity contribution in [2.75, 3.05) is 6.54 Å². The van der Waals surface area contributed by atoms with Gasteiger partial charge in [0, 0.05) is 18.4 Å². The maximum atomic E-state index is 11.2. The predicted molar refractivity (Wildman–Crippen MR) is 41.4 cm³/mol. The Bertz CT molecular complexity index is 277. The first-order chi connectivity index (χ1) is 5.38. The van der Waals surface area contributed by atoms with Crippen LogP contribution in [0.5, 0.6) is 0 Å². The summed E-state index contributed by atoms with van der Waals surface area (Å²) in [6.07, 6.45) is 3.82. The van der Waals surface area contributed by atoms with E-state index in [1.165, 1.54) is 0 Å². The average molecular weight is 150 g/mol. The number of hydrogen-bond donors (Lipinski definition) is 2. The summed E-state index contributed by atoms with van der Waals surface area (Å²) >= 11 is 0. The minimum Gasteiger partial charge on any atom is -0.364 e. The van der Waals surface area contributed by atoms with Crippen molar-refractivity contribution in [3.05, 3.63) is 23.5 Å². The molecule has 0 saturated carbocycles. The number of amides is 1. The second-order valence-electron chi connectivity index (χ2n) is 2.73. The summed E-state index contributed by atoms with van der Waals surface area (Å²) in [5.41, 5.74) is 1.88. The van der Waals surface area contributed by atoms with Crippen LogP contribution in [0.1, 0.15) is 22.5 Å². The van der Waals surface area contributed by atoms with Crippen LogP contribution in [0.3, 0.4) is 0 Å². The van der Waals surface area contributed by atoms with Crippen molar-refractivity contribution in [1.29, 1.82) is 0 Å². The van der Waals surface area contributed by atoms with Gasteiger partial charge in [0.15, 0.2) is 0 Å². The van der Waals surface area contributed by atoms with E-state index in [1.54, 1.807) is 0 Å². The van der Waals surface area contributed by atoms with Crippen LogP contribution in [0.4, 0.5) is 0 Å². The molecule has 0 spiro atoms. The first kappa shape index (κ1) is 6.46. The van der Waals surface area contributed by atoms with E-state index in [9.17, 15) is 4.79 Å². The maximum absolute atomic E-state index is 11.2. The van der Waals surface area contributed by atoms with E-state index >= 15 is 0 Å². The lowest BCUT2D eigenvalue weighted by molar-refractivity contribution is 0.0956. The highest BCUT2D eigenvalue weighted by Crippen LogP contribution is 2.11. The molecule has 0 saturated heterocycles. The molecule has 58 valence electrons. The first-order valence-corrected chi connectivity index (χ1v) is 3.82.